The molecule has 2 rings (SSSR count). The number of aromatic nitrogens is 2. The second-order valence-corrected chi connectivity index (χ2v) is 6.15. The van der Waals surface area contributed by atoms with Gasteiger partial charge in [-0.25, -0.2) is 0 Å². The van der Waals surface area contributed by atoms with Gasteiger partial charge in [-0.05, 0) is 18.8 Å². The lowest BCUT2D eigenvalue weighted by Crippen LogP contribution is -2.39. The Balaban J connectivity index is 2.42. The fraction of sp³-hybridized carbons (Fsp3) is 0.769. The second-order valence-electron chi connectivity index (χ2n) is 6.15. The zero-order chi connectivity index (χ0) is 12.8. The zero-order valence-electron chi connectivity index (χ0n) is 11.4. The van der Waals surface area contributed by atoms with Crippen LogP contribution in [0.5, 0.6) is 0 Å². The summed E-state index contributed by atoms with van der Waals surface area (Å²) in [5, 5.41) is 17.6. The molecule has 0 fully saturated rings. The van der Waals surface area contributed by atoms with E-state index in [2.05, 4.69) is 31.2 Å². The number of fused-ring (bicyclic) bond motifs is 1. The van der Waals surface area contributed by atoms with Gasteiger partial charge in [0, 0.05) is 24.6 Å². The van der Waals surface area contributed by atoms with Gasteiger partial charge in [0.15, 0.2) is 0 Å². The molecular weight excluding hydrogens is 214 g/mol. The number of aryl methyl sites for hydroxylation is 2. The average Bonchev–Trinajstić information content (AvgIpc) is 2.52. The van der Waals surface area contributed by atoms with Crippen molar-refractivity contribution in [2.24, 2.45) is 12.5 Å². The Kier molecular flexibility index (Phi) is 2.94. The molecule has 4 nitrogen and oxygen atoms in total. The first-order chi connectivity index (χ1) is 7.84. The van der Waals surface area contributed by atoms with Crippen molar-refractivity contribution in [1.82, 2.24) is 9.78 Å². The minimum absolute atomic E-state index is 0.184. The van der Waals surface area contributed by atoms with E-state index in [4.69, 9.17) is 0 Å². The van der Waals surface area contributed by atoms with Gasteiger partial charge in [-0.3, -0.25) is 4.68 Å². The fourth-order valence-electron chi connectivity index (χ4n) is 2.70. The van der Waals surface area contributed by atoms with Crippen LogP contribution in [-0.2, 0) is 7.05 Å². The lowest BCUT2D eigenvalue weighted by molar-refractivity contribution is 0.224. The molecule has 0 amide bonds. The van der Waals surface area contributed by atoms with Crippen molar-refractivity contribution in [3.8, 4) is 0 Å². The minimum atomic E-state index is 0.184. The lowest BCUT2D eigenvalue weighted by Gasteiger charge is -2.38. The van der Waals surface area contributed by atoms with Gasteiger partial charge < -0.3 is 10.4 Å². The molecule has 17 heavy (non-hydrogen) atoms. The zero-order valence-corrected chi connectivity index (χ0v) is 11.4. The van der Waals surface area contributed by atoms with Gasteiger partial charge in [-0.2, -0.15) is 5.10 Å². The van der Waals surface area contributed by atoms with E-state index in [9.17, 15) is 5.11 Å². The molecule has 0 radical (unpaired) electrons. The van der Waals surface area contributed by atoms with Gasteiger partial charge >= 0.3 is 0 Å². The molecule has 1 aromatic rings. The fourth-order valence-corrected chi connectivity index (χ4v) is 2.70. The minimum Gasteiger partial charge on any atom is -0.396 e. The van der Waals surface area contributed by atoms with E-state index in [0.717, 1.165) is 17.9 Å². The van der Waals surface area contributed by atoms with Crippen LogP contribution in [0.3, 0.4) is 0 Å². The lowest BCUT2D eigenvalue weighted by atomic mass is 9.77. The Hall–Kier alpha value is -1.03. The number of rotatable bonds is 1. The highest BCUT2D eigenvalue weighted by Crippen LogP contribution is 2.40. The van der Waals surface area contributed by atoms with Crippen molar-refractivity contribution in [1.29, 1.82) is 0 Å². The van der Waals surface area contributed by atoms with Crippen molar-refractivity contribution in [2.45, 2.75) is 46.1 Å². The first kappa shape index (κ1) is 12.4. The maximum absolute atomic E-state index is 9.59. The van der Waals surface area contributed by atoms with Crippen molar-refractivity contribution >= 4 is 5.82 Å². The van der Waals surface area contributed by atoms with Crippen LogP contribution in [0.15, 0.2) is 0 Å². The maximum atomic E-state index is 9.59. The number of hydrogen-bond donors (Lipinski definition) is 2. The molecule has 1 aliphatic rings. The van der Waals surface area contributed by atoms with Crippen LogP contribution >= 0.6 is 0 Å². The van der Waals surface area contributed by atoms with Gasteiger partial charge in [0.25, 0.3) is 0 Å². The number of nitrogens with zero attached hydrogens (tertiary/aromatic N) is 2. The number of anilines is 1. The molecule has 96 valence electrons. The second kappa shape index (κ2) is 4.02. The van der Waals surface area contributed by atoms with Gasteiger partial charge in [0.05, 0.1) is 12.3 Å². The molecule has 0 saturated carbocycles. The Bertz CT molecular complexity index is 417. The normalized spacial score (nSPS) is 24.4. The topological polar surface area (TPSA) is 50.1 Å². The van der Waals surface area contributed by atoms with E-state index in [1.807, 2.05) is 18.7 Å². The summed E-state index contributed by atoms with van der Waals surface area (Å²) in [6.45, 7) is 8.91. The van der Waals surface area contributed by atoms with Gasteiger partial charge in [-0.1, -0.05) is 20.8 Å². The molecule has 0 bridgehead atoms. The number of aliphatic hydroxyl groups is 1. The SMILES string of the molecule is Cc1nn(C)c2c1[C@@H](CO)C[C@@H](C(C)(C)C)N2. The molecule has 2 atom stereocenters. The number of aliphatic hydroxyl groups excluding tert-OH is 1. The summed E-state index contributed by atoms with van der Waals surface area (Å²) in [7, 11) is 1.96. The molecular formula is C13H23N3O. The quantitative estimate of drug-likeness (QED) is 0.786. The summed E-state index contributed by atoms with van der Waals surface area (Å²) in [6, 6.07) is 0.377. The van der Waals surface area contributed by atoms with Crippen molar-refractivity contribution < 1.29 is 5.11 Å². The molecule has 0 aliphatic carbocycles. The Labute approximate surface area is 103 Å². The molecule has 2 heterocycles. The molecule has 1 aliphatic heterocycles. The smallest absolute Gasteiger partial charge is 0.128 e. The largest absolute Gasteiger partial charge is 0.396 e. The summed E-state index contributed by atoms with van der Waals surface area (Å²) in [6.07, 6.45) is 0.972. The molecule has 0 saturated heterocycles. The van der Waals surface area contributed by atoms with E-state index in [0.29, 0.717) is 6.04 Å². The van der Waals surface area contributed by atoms with E-state index in [1.54, 1.807) is 0 Å². The standard InChI is InChI=1S/C13H23N3O/c1-8-11-9(7-17)6-10(13(2,3)4)14-12(11)16(5)15-8/h9-10,14,17H,6-7H2,1-5H3/t9-,10+/m1/s1. The van der Waals surface area contributed by atoms with Crippen LogP contribution in [-0.4, -0.2) is 27.5 Å². The van der Waals surface area contributed by atoms with Crippen LogP contribution in [0.2, 0.25) is 0 Å². The van der Waals surface area contributed by atoms with Crippen LogP contribution in [0.1, 0.15) is 44.4 Å². The maximum Gasteiger partial charge on any atom is 0.128 e. The highest BCUT2D eigenvalue weighted by molar-refractivity contribution is 5.53. The van der Waals surface area contributed by atoms with Crippen molar-refractivity contribution in [2.75, 3.05) is 11.9 Å². The van der Waals surface area contributed by atoms with E-state index < -0.39 is 0 Å². The van der Waals surface area contributed by atoms with Crippen LogP contribution in [0.4, 0.5) is 5.82 Å². The van der Waals surface area contributed by atoms with Gasteiger partial charge in [-0.15, -0.1) is 0 Å². The molecule has 1 aromatic heterocycles. The third-order valence-electron chi connectivity index (χ3n) is 3.77. The molecule has 0 unspecified atom stereocenters. The van der Waals surface area contributed by atoms with Crippen molar-refractivity contribution in [3.63, 3.8) is 0 Å². The third kappa shape index (κ3) is 2.06. The Morgan fingerprint density at radius 3 is 2.65 bits per heavy atom. The third-order valence-corrected chi connectivity index (χ3v) is 3.77. The van der Waals surface area contributed by atoms with E-state index in [-0.39, 0.29) is 17.9 Å². The average molecular weight is 237 g/mol. The molecule has 2 N–H and O–H groups in total. The van der Waals surface area contributed by atoms with E-state index >= 15 is 0 Å². The highest BCUT2D eigenvalue weighted by atomic mass is 16.3. The predicted octanol–water partition coefficient (Wildman–Crippen LogP) is 2.03. The molecule has 4 heteroatoms. The summed E-state index contributed by atoms with van der Waals surface area (Å²) in [4.78, 5) is 0. The van der Waals surface area contributed by atoms with E-state index in [1.165, 1.54) is 5.56 Å². The highest BCUT2D eigenvalue weighted by Gasteiger charge is 2.36. The van der Waals surface area contributed by atoms with Crippen molar-refractivity contribution in [3.05, 3.63) is 11.3 Å². The number of hydrogen-bond acceptors (Lipinski definition) is 3. The summed E-state index contributed by atoms with van der Waals surface area (Å²) in [5.74, 6) is 1.29. The van der Waals surface area contributed by atoms with Gasteiger partial charge in [0.1, 0.15) is 5.82 Å². The summed E-state index contributed by atoms with van der Waals surface area (Å²) < 4.78 is 1.89. The number of nitrogens with one attached hydrogen (secondary N) is 1. The first-order valence-electron chi connectivity index (χ1n) is 6.25. The monoisotopic (exact) mass is 237 g/mol. The molecule has 0 aromatic carbocycles. The predicted molar refractivity (Wildman–Crippen MR) is 69.3 cm³/mol. The van der Waals surface area contributed by atoms with Crippen LogP contribution in [0.25, 0.3) is 0 Å². The molecule has 0 spiro atoms. The Morgan fingerprint density at radius 1 is 1.47 bits per heavy atom. The summed E-state index contributed by atoms with van der Waals surface area (Å²) >= 11 is 0. The van der Waals surface area contributed by atoms with Crippen LogP contribution < -0.4 is 5.32 Å². The first-order valence-corrected chi connectivity index (χ1v) is 6.25. The summed E-state index contributed by atoms with van der Waals surface area (Å²) in [5.41, 5.74) is 2.40. The van der Waals surface area contributed by atoms with Crippen LogP contribution in [0, 0.1) is 12.3 Å². The van der Waals surface area contributed by atoms with Gasteiger partial charge in [0.2, 0.25) is 0 Å². The Morgan fingerprint density at radius 2 is 2.12 bits per heavy atom.